The van der Waals surface area contributed by atoms with Gasteiger partial charge in [0.05, 0.1) is 6.61 Å². The van der Waals surface area contributed by atoms with Crippen LogP contribution in [0.1, 0.15) is 6.23 Å². The van der Waals surface area contributed by atoms with E-state index in [0.29, 0.717) is 0 Å². The van der Waals surface area contributed by atoms with Crippen molar-refractivity contribution in [2.75, 3.05) is 6.61 Å². The van der Waals surface area contributed by atoms with E-state index in [1.54, 1.807) is 0 Å². The van der Waals surface area contributed by atoms with Gasteiger partial charge in [0.25, 0.3) is 5.56 Å². The molecule has 0 aromatic carbocycles. The van der Waals surface area contributed by atoms with Crippen LogP contribution in [0.3, 0.4) is 0 Å². The molecule has 0 aliphatic carbocycles. The number of aliphatic hydroxyl groups excluding tert-OH is 3. The molecule has 1 aliphatic heterocycles. The second kappa shape index (κ2) is 4.67. The van der Waals surface area contributed by atoms with Crippen LogP contribution in [-0.2, 0) is 4.74 Å². The van der Waals surface area contributed by atoms with E-state index < -0.39 is 31.1 Å². The minimum absolute atomic E-state index is 0.0762. The molecule has 2 rings (SSSR count). The second-order valence-corrected chi connectivity index (χ2v) is 4.13. The smallest absolute Gasteiger partial charge is 0.251 e. The molecule has 94 valence electrons. The number of rotatable bonds is 2. The summed E-state index contributed by atoms with van der Waals surface area (Å²) in [4.78, 5) is 13.4. The molecule has 0 saturated carbocycles. The van der Waals surface area contributed by atoms with Crippen molar-refractivity contribution in [3.8, 4) is 0 Å². The Morgan fingerprint density at radius 1 is 1.47 bits per heavy atom. The summed E-state index contributed by atoms with van der Waals surface area (Å²) < 4.78 is 6.66. The van der Waals surface area contributed by atoms with Crippen LogP contribution in [0.15, 0.2) is 17.1 Å². The van der Waals surface area contributed by atoms with Crippen LogP contribution in [-0.4, -0.2) is 49.8 Å². The number of aliphatic hydroxyl groups is 3. The number of hydrogen-bond acceptors (Lipinski definition) is 6. The van der Waals surface area contributed by atoms with Crippen LogP contribution in [0.2, 0.25) is 0 Å². The molecule has 0 radical (unpaired) electrons. The molecule has 0 amide bonds. The average Bonchev–Trinajstić information content (AvgIpc) is 2.57. The highest BCUT2D eigenvalue weighted by Gasteiger charge is 2.43. The van der Waals surface area contributed by atoms with Gasteiger partial charge in [0, 0.05) is 12.3 Å². The summed E-state index contributed by atoms with van der Waals surface area (Å²) in [6.07, 6.45) is -2.85. The third-order valence-electron chi connectivity index (χ3n) is 2.64. The van der Waals surface area contributed by atoms with E-state index in [4.69, 9.17) is 22.1 Å². The number of H-pyrrole nitrogens is 1. The lowest BCUT2D eigenvalue weighted by Gasteiger charge is -2.17. The van der Waals surface area contributed by atoms with Crippen LogP contribution < -0.4 is 5.56 Å². The van der Waals surface area contributed by atoms with Gasteiger partial charge in [-0.05, 0) is 12.2 Å². The summed E-state index contributed by atoms with van der Waals surface area (Å²) in [5.41, 5.74) is -0.363. The summed E-state index contributed by atoms with van der Waals surface area (Å²) in [7, 11) is 0. The molecule has 1 fully saturated rings. The van der Waals surface area contributed by atoms with Crippen LogP contribution in [0.25, 0.3) is 0 Å². The molecule has 0 unspecified atom stereocenters. The zero-order chi connectivity index (χ0) is 12.6. The molecule has 0 bridgehead atoms. The molecule has 1 saturated heterocycles. The summed E-state index contributed by atoms with van der Waals surface area (Å²) in [5, 5.41) is 28.3. The number of nitrogens with one attached hydrogen (secondary N) is 1. The first-order chi connectivity index (χ1) is 8.04. The van der Waals surface area contributed by atoms with Crippen LogP contribution in [0.5, 0.6) is 0 Å². The van der Waals surface area contributed by atoms with Crippen LogP contribution >= 0.6 is 12.2 Å². The third kappa shape index (κ3) is 2.17. The topological polar surface area (TPSA) is 108 Å². The fourth-order valence-electron chi connectivity index (χ4n) is 1.74. The first kappa shape index (κ1) is 12.4. The van der Waals surface area contributed by atoms with E-state index in [0.717, 1.165) is 0 Å². The quantitative estimate of drug-likeness (QED) is 0.483. The molecule has 2 heterocycles. The maximum absolute atomic E-state index is 11.0. The Hall–Kier alpha value is -1.06. The van der Waals surface area contributed by atoms with E-state index in [2.05, 4.69) is 4.98 Å². The Morgan fingerprint density at radius 2 is 2.18 bits per heavy atom. The summed E-state index contributed by atoms with van der Waals surface area (Å²) >= 11 is 4.91. The van der Waals surface area contributed by atoms with Gasteiger partial charge in [-0.3, -0.25) is 14.3 Å². The Kier molecular flexibility index (Phi) is 3.40. The zero-order valence-corrected chi connectivity index (χ0v) is 9.50. The molecular formula is C9H12N2O5S. The van der Waals surface area contributed by atoms with E-state index in [-0.39, 0.29) is 10.3 Å². The van der Waals surface area contributed by atoms with E-state index >= 15 is 0 Å². The van der Waals surface area contributed by atoms with Crippen molar-refractivity contribution >= 4 is 12.2 Å². The average molecular weight is 260 g/mol. The van der Waals surface area contributed by atoms with Crippen LogP contribution in [0.4, 0.5) is 0 Å². The van der Waals surface area contributed by atoms with Crippen molar-refractivity contribution in [2.45, 2.75) is 24.5 Å². The van der Waals surface area contributed by atoms with Gasteiger partial charge in [-0.15, -0.1) is 0 Å². The van der Waals surface area contributed by atoms with Gasteiger partial charge in [-0.2, -0.15) is 0 Å². The second-order valence-electron chi connectivity index (χ2n) is 3.75. The number of nitrogens with zero attached hydrogens (tertiary/aromatic N) is 1. The monoisotopic (exact) mass is 260 g/mol. The Balaban J connectivity index is 2.35. The summed E-state index contributed by atoms with van der Waals surface area (Å²) in [5.74, 6) is 0. The molecule has 7 nitrogen and oxygen atoms in total. The lowest BCUT2D eigenvalue weighted by molar-refractivity contribution is -0.0541. The van der Waals surface area contributed by atoms with Gasteiger partial charge < -0.3 is 20.1 Å². The SMILES string of the molecule is O=c1ccn([C@H]2O[C@@H](CO)[C@@H](O)[C@@H]2O)c(=S)[nH]1. The Bertz CT molecular complexity index is 513. The first-order valence-electron chi connectivity index (χ1n) is 4.98. The van der Waals surface area contributed by atoms with Crippen molar-refractivity contribution in [1.29, 1.82) is 0 Å². The molecule has 1 aromatic rings. The Morgan fingerprint density at radius 3 is 2.71 bits per heavy atom. The van der Waals surface area contributed by atoms with Gasteiger partial charge in [-0.1, -0.05) is 0 Å². The summed E-state index contributed by atoms with van der Waals surface area (Å²) in [6.45, 7) is -0.411. The minimum Gasteiger partial charge on any atom is -0.394 e. The third-order valence-corrected chi connectivity index (χ3v) is 2.96. The van der Waals surface area contributed by atoms with E-state index in [1.807, 2.05) is 0 Å². The normalized spacial score (nSPS) is 32.9. The maximum Gasteiger partial charge on any atom is 0.251 e. The number of hydrogen-bond donors (Lipinski definition) is 4. The zero-order valence-electron chi connectivity index (χ0n) is 8.68. The predicted molar refractivity (Wildman–Crippen MR) is 58.9 cm³/mol. The highest BCUT2D eigenvalue weighted by atomic mass is 32.1. The highest BCUT2D eigenvalue weighted by Crippen LogP contribution is 2.28. The van der Waals surface area contributed by atoms with E-state index in [9.17, 15) is 15.0 Å². The lowest BCUT2D eigenvalue weighted by Crippen LogP contribution is -2.33. The van der Waals surface area contributed by atoms with Crippen molar-refractivity contribution in [3.05, 3.63) is 27.4 Å². The molecule has 4 N–H and O–H groups in total. The van der Waals surface area contributed by atoms with Crippen LogP contribution in [0, 0.1) is 4.77 Å². The summed E-state index contributed by atoms with van der Waals surface area (Å²) in [6, 6.07) is 1.23. The standard InChI is InChI=1S/C9H12N2O5S/c12-3-4-6(14)7(15)8(16-4)11-2-1-5(13)10-9(11)17/h1-2,4,6-8,12,14-15H,3H2,(H,10,13,17)/t4-,6+,7-,8-/m0/s1. The molecule has 1 aromatic heterocycles. The van der Waals surface area contributed by atoms with Crippen molar-refractivity contribution in [3.63, 3.8) is 0 Å². The molecule has 0 spiro atoms. The Labute approximate surface area is 101 Å². The number of aromatic nitrogens is 2. The molecule has 1 aliphatic rings. The number of aromatic amines is 1. The van der Waals surface area contributed by atoms with Gasteiger partial charge in [0.15, 0.2) is 11.0 Å². The number of ether oxygens (including phenoxy) is 1. The molecule has 8 heteroatoms. The first-order valence-corrected chi connectivity index (χ1v) is 5.39. The molecule has 4 atom stereocenters. The van der Waals surface area contributed by atoms with Gasteiger partial charge >= 0.3 is 0 Å². The van der Waals surface area contributed by atoms with Gasteiger partial charge in [0.1, 0.15) is 18.3 Å². The minimum atomic E-state index is -1.22. The largest absolute Gasteiger partial charge is 0.394 e. The molecular weight excluding hydrogens is 248 g/mol. The van der Waals surface area contributed by atoms with Gasteiger partial charge in [-0.25, -0.2) is 0 Å². The molecule has 17 heavy (non-hydrogen) atoms. The van der Waals surface area contributed by atoms with Crippen molar-refractivity contribution in [2.24, 2.45) is 0 Å². The van der Waals surface area contributed by atoms with Gasteiger partial charge in [0.2, 0.25) is 0 Å². The van der Waals surface area contributed by atoms with Crippen molar-refractivity contribution in [1.82, 2.24) is 9.55 Å². The maximum atomic E-state index is 11.0. The predicted octanol–water partition coefficient (Wildman–Crippen LogP) is -1.48. The fourth-order valence-corrected chi connectivity index (χ4v) is 2.00. The fraction of sp³-hybridized carbons (Fsp3) is 0.556. The lowest BCUT2D eigenvalue weighted by atomic mass is 10.1. The highest BCUT2D eigenvalue weighted by molar-refractivity contribution is 7.71. The van der Waals surface area contributed by atoms with E-state index in [1.165, 1.54) is 16.8 Å². The van der Waals surface area contributed by atoms with Crippen molar-refractivity contribution < 1.29 is 20.1 Å².